The highest BCUT2D eigenvalue weighted by Crippen LogP contribution is 2.36. The van der Waals surface area contributed by atoms with Crippen LogP contribution in [0.1, 0.15) is 31.9 Å². The molecule has 0 bridgehead atoms. The van der Waals surface area contributed by atoms with Crippen LogP contribution in [0.4, 0.5) is 13.2 Å². The molecule has 3 nitrogen and oxygen atoms in total. The number of alkyl halides is 3. The van der Waals surface area contributed by atoms with Crippen molar-refractivity contribution < 1.29 is 26.3 Å². The number of hydrogen-bond donors (Lipinski definition) is 0. The van der Waals surface area contributed by atoms with Crippen molar-refractivity contribution in [2.45, 2.75) is 44.2 Å². The zero-order valence-corrected chi connectivity index (χ0v) is 13.6. The highest BCUT2D eigenvalue weighted by atomic mass is 35.7. The molecule has 1 aromatic carbocycles. The Morgan fingerprint density at radius 1 is 1.19 bits per heavy atom. The van der Waals surface area contributed by atoms with Gasteiger partial charge in [-0.2, -0.15) is 13.2 Å². The van der Waals surface area contributed by atoms with Crippen LogP contribution in [-0.2, 0) is 14.5 Å². The van der Waals surface area contributed by atoms with E-state index in [0.717, 1.165) is 0 Å². The van der Waals surface area contributed by atoms with Gasteiger partial charge in [0.05, 0.1) is 4.90 Å². The molecule has 0 atom stereocenters. The molecule has 0 saturated heterocycles. The summed E-state index contributed by atoms with van der Waals surface area (Å²) in [6.45, 7) is 5.22. The lowest BCUT2D eigenvalue weighted by atomic mass is 9.86. The fourth-order valence-electron chi connectivity index (χ4n) is 1.79. The maximum absolute atomic E-state index is 12.3. The highest BCUT2D eigenvalue weighted by Gasteiger charge is 2.31. The van der Waals surface area contributed by atoms with Gasteiger partial charge in [0.15, 0.2) is 6.61 Å². The molecular weight excluding hydrogens is 329 g/mol. The molecule has 0 heterocycles. The van der Waals surface area contributed by atoms with E-state index in [4.69, 9.17) is 15.4 Å². The van der Waals surface area contributed by atoms with Gasteiger partial charge in [0.25, 0.3) is 9.05 Å². The molecule has 0 aliphatic rings. The van der Waals surface area contributed by atoms with Crippen LogP contribution in [0.3, 0.4) is 0 Å². The average Bonchev–Trinajstić information content (AvgIpc) is 2.21. The van der Waals surface area contributed by atoms with E-state index >= 15 is 0 Å². The van der Waals surface area contributed by atoms with Gasteiger partial charge in [-0.3, -0.25) is 0 Å². The summed E-state index contributed by atoms with van der Waals surface area (Å²) in [6.07, 6.45) is -4.47. The summed E-state index contributed by atoms with van der Waals surface area (Å²) in [6, 6.07) is 2.53. The van der Waals surface area contributed by atoms with Crippen molar-refractivity contribution in [2.24, 2.45) is 0 Å². The summed E-state index contributed by atoms with van der Waals surface area (Å²) in [5, 5.41) is 0. The lowest BCUT2D eigenvalue weighted by Crippen LogP contribution is -2.22. The molecule has 1 aromatic rings. The summed E-state index contributed by atoms with van der Waals surface area (Å²) in [7, 11) is 1.36. The third-order valence-electron chi connectivity index (χ3n) is 2.74. The fourth-order valence-corrected chi connectivity index (χ4v) is 2.99. The van der Waals surface area contributed by atoms with Crippen molar-refractivity contribution >= 4 is 19.7 Å². The van der Waals surface area contributed by atoms with E-state index in [1.54, 1.807) is 20.8 Å². The van der Waals surface area contributed by atoms with Crippen molar-refractivity contribution in [3.05, 3.63) is 23.3 Å². The lowest BCUT2D eigenvalue weighted by molar-refractivity contribution is -0.153. The number of ether oxygens (including phenoxy) is 1. The van der Waals surface area contributed by atoms with Gasteiger partial charge in [-0.15, -0.1) is 0 Å². The first-order valence-electron chi connectivity index (χ1n) is 6.01. The minimum absolute atomic E-state index is 0.00129. The van der Waals surface area contributed by atoms with Crippen molar-refractivity contribution in [3.8, 4) is 5.75 Å². The summed E-state index contributed by atoms with van der Waals surface area (Å²) in [4.78, 5) is -0.131. The second kappa shape index (κ2) is 5.68. The Morgan fingerprint density at radius 2 is 1.71 bits per heavy atom. The molecular formula is C13H16ClF3O3S. The molecule has 0 saturated carbocycles. The van der Waals surface area contributed by atoms with Gasteiger partial charge in [-0.1, -0.05) is 20.8 Å². The molecule has 0 aliphatic carbocycles. The van der Waals surface area contributed by atoms with Gasteiger partial charge >= 0.3 is 6.18 Å². The second-order valence-corrected chi connectivity index (χ2v) is 8.24. The van der Waals surface area contributed by atoms with Crippen molar-refractivity contribution in [2.75, 3.05) is 6.61 Å². The molecule has 0 aliphatic heterocycles. The maximum Gasteiger partial charge on any atom is 0.422 e. The molecule has 0 spiro atoms. The number of benzene rings is 1. The van der Waals surface area contributed by atoms with E-state index in [-0.39, 0.29) is 16.2 Å². The first kappa shape index (κ1) is 18.1. The molecule has 1 rings (SSSR count). The van der Waals surface area contributed by atoms with Crippen LogP contribution in [0.2, 0.25) is 0 Å². The van der Waals surface area contributed by atoms with Crippen LogP contribution in [0.25, 0.3) is 0 Å². The maximum atomic E-state index is 12.3. The number of aryl methyl sites for hydroxylation is 1. The van der Waals surface area contributed by atoms with Gasteiger partial charge in [0.2, 0.25) is 0 Å². The molecule has 0 radical (unpaired) electrons. The van der Waals surface area contributed by atoms with E-state index in [1.165, 1.54) is 19.1 Å². The van der Waals surface area contributed by atoms with Gasteiger partial charge < -0.3 is 4.74 Å². The minimum atomic E-state index is -4.47. The van der Waals surface area contributed by atoms with Crippen LogP contribution in [-0.4, -0.2) is 21.2 Å². The van der Waals surface area contributed by atoms with Gasteiger partial charge in [0.1, 0.15) is 5.75 Å². The number of rotatable bonds is 3. The summed E-state index contributed by atoms with van der Waals surface area (Å²) in [5.41, 5.74) is -0.0305. The Labute approximate surface area is 126 Å². The van der Waals surface area contributed by atoms with Gasteiger partial charge in [-0.05, 0) is 30.0 Å². The van der Waals surface area contributed by atoms with Crippen LogP contribution in [0.5, 0.6) is 5.75 Å². The van der Waals surface area contributed by atoms with E-state index in [1.807, 2.05) is 0 Å². The first-order valence-corrected chi connectivity index (χ1v) is 8.32. The van der Waals surface area contributed by atoms with Crippen LogP contribution in [0.15, 0.2) is 17.0 Å². The fraction of sp³-hybridized carbons (Fsp3) is 0.538. The van der Waals surface area contributed by atoms with Crippen molar-refractivity contribution in [1.82, 2.24) is 0 Å². The highest BCUT2D eigenvalue weighted by molar-refractivity contribution is 8.13. The van der Waals surface area contributed by atoms with Crippen LogP contribution in [0, 0.1) is 6.92 Å². The predicted octanol–water partition coefficient (Wildman–Crippen LogP) is 4.16. The Kier molecular flexibility index (Phi) is 4.90. The molecule has 0 aromatic heterocycles. The molecule has 120 valence electrons. The molecule has 21 heavy (non-hydrogen) atoms. The summed E-state index contributed by atoms with van der Waals surface area (Å²) >= 11 is 0. The number of hydrogen-bond acceptors (Lipinski definition) is 3. The summed E-state index contributed by atoms with van der Waals surface area (Å²) in [5.74, 6) is 0.00129. The van der Waals surface area contributed by atoms with Crippen molar-refractivity contribution in [1.29, 1.82) is 0 Å². The van der Waals surface area contributed by atoms with Crippen LogP contribution < -0.4 is 4.74 Å². The number of halogens is 4. The van der Waals surface area contributed by atoms with Gasteiger partial charge in [-0.25, -0.2) is 8.42 Å². The average molecular weight is 345 g/mol. The third kappa shape index (κ3) is 5.07. The topological polar surface area (TPSA) is 43.4 Å². The molecule has 0 unspecified atom stereocenters. The molecule has 0 N–H and O–H groups in total. The molecule has 0 amide bonds. The Hall–Kier alpha value is -0.950. The van der Waals surface area contributed by atoms with E-state index in [0.29, 0.717) is 5.56 Å². The Morgan fingerprint density at radius 3 is 2.10 bits per heavy atom. The SMILES string of the molecule is Cc1cc(OCC(F)(F)F)c(C(C)(C)C)cc1S(=O)(=O)Cl. The Bertz CT molecular complexity index is 631. The quantitative estimate of drug-likeness (QED) is 0.773. The smallest absolute Gasteiger partial charge is 0.422 e. The van der Waals surface area contributed by atoms with E-state index in [2.05, 4.69) is 0 Å². The van der Waals surface area contributed by atoms with Crippen molar-refractivity contribution in [3.63, 3.8) is 0 Å². The first-order chi connectivity index (χ1) is 9.22. The lowest BCUT2D eigenvalue weighted by Gasteiger charge is -2.24. The zero-order chi connectivity index (χ0) is 16.6. The summed E-state index contributed by atoms with van der Waals surface area (Å²) < 4.78 is 64.7. The molecule has 8 heteroatoms. The zero-order valence-electron chi connectivity index (χ0n) is 12.0. The third-order valence-corrected chi connectivity index (χ3v) is 4.20. The minimum Gasteiger partial charge on any atom is -0.484 e. The Balaban J connectivity index is 3.41. The van der Waals surface area contributed by atoms with E-state index < -0.39 is 27.2 Å². The van der Waals surface area contributed by atoms with Crippen LogP contribution >= 0.6 is 10.7 Å². The second-order valence-electron chi connectivity index (χ2n) is 5.71. The van der Waals surface area contributed by atoms with Gasteiger partial charge in [0, 0.05) is 16.2 Å². The largest absolute Gasteiger partial charge is 0.484 e. The monoisotopic (exact) mass is 344 g/mol. The van der Waals surface area contributed by atoms with E-state index in [9.17, 15) is 21.6 Å². The standard InChI is InChI=1S/C13H16ClF3O3S/c1-8-5-10(20-7-13(15,16)17)9(12(2,3)4)6-11(8)21(14,18)19/h5-6H,7H2,1-4H3. The predicted molar refractivity (Wildman–Crippen MR) is 74.5 cm³/mol. The normalized spacial score (nSPS) is 13.3. The molecule has 0 fully saturated rings.